The molecule has 3 rings (SSSR count). The quantitative estimate of drug-likeness (QED) is 0.678. The van der Waals surface area contributed by atoms with Crippen LogP contribution in [0.5, 0.6) is 0 Å². The molecule has 3 aromatic rings. The van der Waals surface area contributed by atoms with Gasteiger partial charge in [0.1, 0.15) is 4.88 Å². The van der Waals surface area contributed by atoms with E-state index in [4.69, 9.17) is 4.74 Å². The van der Waals surface area contributed by atoms with E-state index < -0.39 is 5.97 Å². The number of esters is 1. The monoisotopic (exact) mass is 384 g/mol. The molecule has 0 atom stereocenters. The molecule has 140 valence electrons. The van der Waals surface area contributed by atoms with Gasteiger partial charge in [-0.3, -0.25) is 10.1 Å². The van der Waals surface area contributed by atoms with Gasteiger partial charge >= 0.3 is 5.97 Å². The Labute approximate surface area is 161 Å². The Bertz CT molecular complexity index is 989. The summed E-state index contributed by atoms with van der Waals surface area (Å²) in [6, 6.07) is 9.13. The van der Waals surface area contributed by atoms with Crippen LogP contribution in [0, 0.1) is 20.8 Å². The summed E-state index contributed by atoms with van der Waals surface area (Å²) in [4.78, 5) is 29.0. The lowest BCUT2D eigenvalue weighted by molar-refractivity contribution is 0.0531. The molecule has 0 saturated carbocycles. The van der Waals surface area contributed by atoms with Crippen LogP contribution >= 0.6 is 11.3 Å². The van der Waals surface area contributed by atoms with Gasteiger partial charge in [-0.2, -0.15) is 5.10 Å². The van der Waals surface area contributed by atoms with Crippen LogP contribution in [-0.2, 0) is 4.74 Å². The second-order valence-electron chi connectivity index (χ2n) is 5.99. The van der Waals surface area contributed by atoms with Gasteiger partial charge in [0.2, 0.25) is 0 Å². The van der Waals surface area contributed by atoms with E-state index in [1.54, 1.807) is 26.0 Å². The van der Waals surface area contributed by atoms with Gasteiger partial charge in [-0.15, -0.1) is 0 Å². The zero-order valence-electron chi connectivity index (χ0n) is 15.6. The van der Waals surface area contributed by atoms with E-state index in [1.165, 1.54) is 0 Å². The number of carbonyl (C=O) groups excluding carboxylic acids is 2. The Morgan fingerprint density at radius 2 is 1.89 bits per heavy atom. The highest BCUT2D eigenvalue weighted by atomic mass is 32.1. The van der Waals surface area contributed by atoms with Crippen LogP contribution in [0.1, 0.15) is 44.0 Å². The summed E-state index contributed by atoms with van der Waals surface area (Å²) >= 11 is 1.10. The molecule has 0 unspecified atom stereocenters. The van der Waals surface area contributed by atoms with Gasteiger partial charge in [-0.1, -0.05) is 11.3 Å². The van der Waals surface area contributed by atoms with Crippen molar-refractivity contribution in [2.24, 2.45) is 0 Å². The molecule has 0 bridgehead atoms. The Balaban J connectivity index is 1.74. The molecule has 0 aliphatic rings. The lowest BCUT2D eigenvalue weighted by atomic mass is 10.2. The number of hydrogen-bond acceptors (Lipinski definition) is 6. The van der Waals surface area contributed by atoms with E-state index in [1.807, 2.05) is 36.7 Å². The van der Waals surface area contributed by atoms with Gasteiger partial charge in [0.15, 0.2) is 5.13 Å². The summed E-state index contributed by atoms with van der Waals surface area (Å²) in [5.74, 6) is -0.721. The second-order valence-corrected chi connectivity index (χ2v) is 6.99. The molecule has 27 heavy (non-hydrogen) atoms. The molecule has 0 aliphatic carbocycles. The summed E-state index contributed by atoms with van der Waals surface area (Å²) < 4.78 is 6.82. The largest absolute Gasteiger partial charge is 0.462 e. The number of nitrogens with zero attached hydrogens (tertiary/aromatic N) is 3. The fourth-order valence-corrected chi connectivity index (χ4v) is 3.50. The first kappa shape index (κ1) is 18.8. The molecule has 0 spiro atoms. The van der Waals surface area contributed by atoms with Gasteiger partial charge < -0.3 is 4.74 Å². The number of rotatable bonds is 5. The van der Waals surface area contributed by atoms with Crippen molar-refractivity contribution in [1.82, 2.24) is 14.8 Å². The number of carbonyl (C=O) groups is 2. The van der Waals surface area contributed by atoms with E-state index in [-0.39, 0.29) is 5.91 Å². The van der Waals surface area contributed by atoms with Crippen LogP contribution < -0.4 is 5.32 Å². The summed E-state index contributed by atoms with van der Waals surface area (Å²) in [6.45, 7) is 7.66. The molecule has 1 N–H and O–H groups in total. The molecule has 0 saturated heterocycles. The summed E-state index contributed by atoms with van der Waals surface area (Å²) in [6.07, 6.45) is 0. The van der Waals surface area contributed by atoms with Gasteiger partial charge in [-0.05, 0) is 58.0 Å². The normalized spacial score (nSPS) is 10.7. The van der Waals surface area contributed by atoms with Crippen LogP contribution in [0.15, 0.2) is 30.3 Å². The third kappa shape index (κ3) is 4.06. The second kappa shape index (κ2) is 7.71. The molecule has 0 aliphatic heterocycles. The average molecular weight is 384 g/mol. The maximum absolute atomic E-state index is 12.5. The van der Waals surface area contributed by atoms with E-state index in [9.17, 15) is 9.59 Å². The highest BCUT2D eigenvalue weighted by Crippen LogP contribution is 2.24. The van der Waals surface area contributed by atoms with Gasteiger partial charge in [0.25, 0.3) is 5.91 Å². The topological polar surface area (TPSA) is 86.1 Å². The van der Waals surface area contributed by atoms with Crippen molar-refractivity contribution in [3.63, 3.8) is 0 Å². The third-order valence-electron chi connectivity index (χ3n) is 3.86. The third-order valence-corrected chi connectivity index (χ3v) is 4.91. The highest BCUT2D eigenvalue weighted by Gasteiger charge is 2.18. The number of aromatic nitrogens is 3. The minimum absolute atomic E-state index is 0.291. The summed E-state index contributed by atoms with van der Waals surface area (Å²) in [5.41, 5.74) is 3.87. The highest BCUT2D eigenvalue weighted by molar-refractivity contribution is 7.17. The number of hydrogen-bond donors (Lipinski definition) is 1. The van der Waals surface area contributed by atoms with Gasteiger partial charge in [0, 0.05) is 11.3 Å². The van der Waals surface area contributed by atoms with Gasteiger partial charge in [-0.25, -0.2) is 14.5 Å². The van der Waals surface area contributed by atoms with Crippen molar-refractivity contribution >= 4 is 28.3 Å². The van der Waals surface area contributed by atoms with E-state index in [2.05, 4.69) is 15.4 Å². The summed E-state index contributed by atoms with van der Waals surface area (Å²) in [7, 11) is 0. The molecule has 2 heterocycles. The molecule has 2 aromatic heterocycles. The number of thiazole rings is 1. The van der Waals surface area contributed by atoms with Crippen molar-refractivity contribution in [2.75, 3.05) is 11.9 Å². The van der Waals surface area contributed by atoms with Crippen LogP contribution in [0.4, 0.5) is 5.13 Å². The van der Waals surface area contributed by atoms with Crippen molar-refractivity contribution in [3.05, 3.63) is 57.9 Å². The zero-order chi connectivity index (χ0) is 19.6. The number of anilines is 1. The number of benzene rings is 1. The van der Waals surface area contributed by atoms with Crippen LogP contribution in [0.25, 0.3) is 5.69 Å². The van der Waals surface area contributed by atoms with Crippen LogP contribution in [0.2, 0.25) is 0 Å². The molecule has 7 nitrogen and oxygen atoms in total. The predicted octanol–water partition coefficient (Wildman–Crippen LogP) is 3.68. The molecule has 1 aromatic carbocycles. The lowest BCUT2D eigenvalue weighted by Crippen LogP contribution is -2.12. The maximum Gasteiger partial charge on any atom is 0.350 e. The predicted molar refractivity (Wildman–Crippen MR) is 104 cm³/mol. The van der Waals surface area contributed by atoms with Crippen molar-refractivity contribution in [2.45, 2.75) is 27.7 Å². The van der Waals surface area contributed by atoms with Gasteiger partial charge in [0.05, 0.1) is 23.7 Å². The first-order chi connectivity index (χ1) is 12.9. The van der Waals surface area contributed by atoms with Crippen molar-refractivity contribution in [1.29, 1.82) is 0 Å². The standard InChI is InChI=1S/C19H20N4O3S/c1-5-26-18(25)16-13(4)20-19(27-16)21-17(24)14-6-8-15(9-7-14)23-12(3)10-11(2)22-23/h6-10H,5H2,1-4H3,(H,20,21,24). The maximum atomic E-state index is 12.5. The first-order valence-corrected chi connectivity index (χ1v) is 9.30. The smallest absolute Gasteiger partial charge is 0.350 e. The number of nitrogens with one attached hydrogen (secondary N) is 1. The summed E-state index contributed by atoms with van der Waals surface area (Å²) in [5, 5.41) is 7.52. The molecule has 0 radical (unpaired) electrons. The minimum atomic E-state index is -0.428. The Kier molecular flexibility index (Phi) is 5.36. The van der Waals surface area contributed by atoms with Crippen molar-refractivity contribution in [3.8, 4) is 5.69 Å². The Morgan fingerprint density at radius 3 is 2.48 bits per heavy atom. The van der Waals surface area contributed by atoms with E-state index in [0.717, 1.165) is 28.4 Å². The average Bonchev–Trinajstić information content (AvgIpc) is 3.16. The fraction of sp³-hybridized carbons (Fsp3) is 0.263. The van der Waals surface area contributed by atoms with Crippen LogP contribution in [-0.4, -0.2) is 33.2 Å². The number of amides is 1. The Hall–Kier alpha value is -3.00. The molecule has 1 amide bonds. The fourth-order valence-electron chi connectivity index (χ4n) is 2.65. The zero-order valence-corrected chi connectivity index (χ0v) is 16.4. The number of aryl methyl sites for hydroxylation is 3. The molecule has 8 heteroatoms. The Morgan fingerprint density at radius 1 is 1.19 bits per heavy atom. The minimum Gasteiger partial charge on any atom is -0.462 e. The van der Waals surface area contributed by atoms with E-state index >= 15 is 0 Å². The first-order valence-electron chi connectivity index (χ1n) is 8.48. The molecule has 0 fully saturated rings. The molecular weight excluding hydrogens is 364 g/mol. The van der Waals surface area contributed by atoms with Crippen molar-refractivity contribution < 1.29 is 14.3 Å². The van der Waals surface area contributed by atoms with Crippen LogP contribution in [0.3, 0.4) is 0 Å². The van der Waals surface area contributed by atoms with E-state index in [0.29, 0.717) is 27.9 Å². The lowest BCUT2D eigenvalue weighted by Gasteiger charge is -2.06. The molecular formula is C19H20N4O3S. The SMILES string of the molecule is CCOC(=O)c1sc(NC(=O)c2ccc(-n3nc(C)cc3C)cc2)nc1C. The number of ether oxygens (including phenoxy) is 1.